The smallest absolute Gasteiger partial charge is 0.311 e. The molecule has 0 heterocycles. The molecule has 0 aromatic rings. The maximum Gasteiger partial charge on any atom is 0.311 e. The monoisotopic (exact) mass is 180 g/mol. The summed E-state index contributed by atoms with van der Waals surface area (Å²) >= 11 is 0. The SMILES string of the molecule is C#CCOC(=O)C1C(C)(C)C1(C)C. The Bertz CT molecular complexity index is 254. The molecule has 1 aliphatic rings. The summed E-state index contributed by atoms with van der Waals surface area (Å²) < 4.78 is 4.91. The molecule has 0 saturated heterocycles. The maximum atomic E-state index is 11.5. The van der Waals surface area contributed by atoms with Crippen molar-refractivity contribution in [1.82, 2.24) is 0 Å². The zero-order valence-electron chi connectivity index (χ0n) is 8.68. The van der Waals surface area contributed by atoms with Crippen LogP contribution in [0.3, 0.4) is 0 Å². The first-order chi connectivity index (χ1) is 5.85. The summed E-state index contributed by atoms with van der Waals surface area (Å²) in [5.41, 5.74) is 0.0807. The van der Waals surface area contributed by atoms with E-state index in [0.717, 1.165) is 0 Å². The first kappa shape index (κ1) is 10.1. The lowest BCUT2D eigenvalue weighted by atomic mass is 10.0. The Kier molecular flexibility index (Phi) is 2.15. The van der Waals surface area contributed by atoms with Gasteiger partial charge in [-0.05, 0) is 10.8 Å². The van der Waals surface area contributed by atoms with E-state index in [9.17, 15) is 4.79 Å². The Morgan fingerprint density at radius 1 is 1.38 bits per heavy atom. The molecule has 0 atom stereocenters. The van der Waals surface area contributed by atoms with Crippen molar-refractivity contribution in [3.8, 4) is 12.3 Å². The molecule has 0 N–H and O–H groups in total. The van der Waals surface area contributed by atoms with Crippen molar-refractivity contribution in [1.29, 1.82) is 0 Å². The first-order valence-electron chi connectivity index (χ1n) is 4.46. The highest BCUT2D eigenvalue weighted by atomic mass is 16.5. The average molecular weight is 180 g/mol. The quantitative estimate of drug-likeness (QED) is 0.479. The van der Waals surface area contributed by atoms with Gasteiger partial charge in [-0.25, -0.2) is 0 Å². The molecule has 0 aromatic heterocycles. The van der Waals surface area contributed by atoms with Gasteiger partial charge in [0.2, 0.25) is 0 Å². The van der Waals surface area contributed by atoms with Gasteiger partial charge in [0.25, 0.3) is 0 Å². The normalized spacial score (nSPS) is 23.3. The highest BCUT2D eigenvalue weighted by Gasteiger charge is 2.69. The highest BCUT2D eigenvalue weighted by molar-refractivity contribution is 5.78. The van der Waals surface area contributed by atoms with Crippen LogP contribution >= 0.6 is 0 Å². The van der Waals surface area contributed by atoms with E-state index in [0.29, 0.717) is 0 Å². The molecule has 2 nitrogen and oxygen atoms in total. The fourth-order valence-electron chi connectivity index (χ4n) is 1.98. The van der Waals surface area contributed by atoms with E-state index in [-0.39, 0.29) is 29.3 Å². The van der Waals surface area contributed by atoms with E-state index < -0.39 is 0 Å². The lowest BCUT2D eigenvalue weighted by molar-refractivity contribution is -0.145. The minimum Gasteiger partial charge on any atom is -0.452 e. The molecular weight excluding hydrogens is 164 g/mol. The second-order valence-corrected chi connectivity index (χ2v) is 4.69. The number of esters is 1. The van der Waals surface area contributed by atoms with Crippen molar-refractivity contribution in [2.24, 2.45) is 16.7 Å². The summed E-state index contributed by atoms with van der Waals surface area (Å²) in [6.45, 7) is 8.40. The van der Waals surface area contributed by atoms with Gasteiger partial charge in [-0.1, -0.05) is 33.6 Å². The van der Waals surface area contributed by atoms with Crippen LogP contribution in [0.1, 0.15) is 27.7 Å². The summed E-state index contributed by atoms with van der Waals surface area (Å²) in [7, 11) is 0. The molecular formula is C11H16O2. The average Bonchev–Trinajstić information content (AvgIpc) is 2.39. The van der Waals surface area contributed by atoms with Gasteiger partial charge >= 0.3 is 5.97 Å². The molecule has 0 bridgehead atoms. The Hall–Kier alpha value is -0.970. The fraction of sp³-hybridized carbons (Fsp3) is 0.727. The van der Waals surface area contributed by atoms with Crippen molar-refractivity contribution >= 4 is 5.97 Å². The van der Waals surface area contributed by atoms with Crippen molar-refractivity contribution in [2.75, 3.05) is 6.61 Å². The van der Waals surface area contributed by atoms with E-state index in [1.807, 2.05) is 0 Å². The van der Waals surface area contributed by atoms with Crippen LogP contribution in [0, 0.1) is 29.1 Å². The van der Waals surface area contributed by atoms with Crippen LogP contribution in [0.25, 0.3) is 0 Å². The molecule has 0 unspecified atom stereocenters. The standard InChI is InChI=1S/C11H16O2/c1-6-7-13-9(12)8-10(2,3)11(8,4)5/h1,8H,7H2,2-5H3. The van der Waals surface area contributed by atoms with Crippen LogP contribution in [0.4, 0.5) is 0 Å². The van der Waals surface area contributed by atoms with Gasteiger partial charge in [0, 0.05) is 0 Å². The van der Waals surface area contributed by atoms with Gasteiger partial charge in [0.1, 0.15) is 0 Å². The highest BCUT2D eigenvalue weighted by Crippen LogP contribution is 2.68. The summed E-state index contributed by atoms with van der Waals surface area (Å²) in [5.74, 6) is 2.13. The lowest BCUT2D eigenvalue weighted by Gasteiger charge is -2.03. The van der Waals surface area contributed by atoms with Crippen LogP contribution in [-0.4, -0.2) is 12.6 Å². The third kappa shape index (κ3) is 1.33. The van der Waals surface area contributed by atoms with E-state index in [2.05, 4.69) is 33.6 Å². The van der Waals surface area contributed by atoms with Gasteiger partial charge in [-0.2, -0.15) is 0 Å². The summed E-state index contributed by atoms with van der Waals surface area (Å²) in [5, 5.41) is 0. The van der Waals surface area contributed by atoms with Crippen LogP contribution < -0.4 is 0 Å². The number of rotatable bonds is 2. The minimum atomic E-state index is -0.159. The topological polar surface area (TPSA) is 26.3 Å². The van der Waals surface area contributed by atoms with E-state index in [1.165, 1.54) is 0 Å². The lowest BCUT2D eigenvalue weighted by Crippen LogP contribution is -2.11. The van der Waals surface area contributed by atoms with Crippen molar-refractivity contribution in [3.05, 3.63) is 0 Å². The summed E-state index contributed by atoms with van der Waals surface area (Å²) in [4.78, 5) is 11.5. The zero-order chi connectivity index (χ0) is 10.3. The molecule has 0 spiro atoms. The zero-order valence-corrected chi connectivity index (χ0v) is 8.68. The number of terminal acetylenes is 1. The summed E-state index contributed by atoms with van der Waals surface area (Å²) in [6, 6.07) is 0. The Labute approximate surface area is 79.7 Å². The Balaban J connectivity index is 2.59. The summed E-state index contributed by atoms with van der Waals surface area (Å²) in [6.07, 6.45) is 5.01. The van der Waals surface area contributed by atoms with Crippen LogP contribution in [0.5, 0.6) is 0 Å². The number of hydrogen-bond acceptors (Lipinski definition) is 2. The van der Waals surface area contributed by atoms with Crippen molar-refractivity contribution in [2.45, 2.75) is 27.7 Å². The Morgan fingerprint density at radius 2 is 1.85 bits per heavy atom. The predicted molar refractivity (Wildman–Crippen MR) is 50.8 cm³/mol. The van der Waals surface area contributed by atoms with Crippen molar-refractivity contribution in [3.63, 3.8) is 0 Å². The van der Waals surface area contributed by atoms with E-state index >= 15 is 0 Å². The molecule has 72 valence electrons. The molecule has 1 aliphatic carbocycles. The molecule has 1 saturated carbocycles. The second kappa shape index (κ2) is 2.77. The maximum absolute atomic E-state index is 11.5. The molecule has 13 heavy (non-hydrogen) atoms. The molecule has 0 aliphatic heterocycles. The van der Waals surface area contributed by atoms with E-state index in [1.54, 1.807) is 0 Å². The number of carbonyl (C=O) groups excluding carboxylic acids is 1. The third-order valence-electron chi connectivity index (χ3n) is 3.55. The number of carbonyl (C=O) groups is 1. The predicted octanol–water partition coefficient (Wildman–Crippen LogP) is 1.84. The first-order valence-corrected chi connectivity index (χ1v) is 4.46. The fourth-order valence-corrected chi connectivity index (χ4v) is 1.98. The van der Waals surface area contributed by atoms with Gasteiger partial charge in [0.05, 0.1) is 5.92 Å². The third-order valence-corrected chi connectivity index (χ3v) is 3.55. The van der Waals surface area contributed by atoms with Crippen LogP contribution in [0.15, 0.2) is 0 Å². The molecule has 0 amide bonds. The largest absolute Gasteiger partial charge is 0.452 e. The molecule has 0 radical (unpaired) electrons. The second-order valence-electron chi connectivity index (χ2n) is 4.69. The van der Waals surface area contributed by atoms with Gasteiger partial charge < -0.3 is 4.74 Å². The van der Waals surface area contributed by atoms with Gasteiger partial charge in [-0.3, -0.25) is 4.79 Å². The minimum absolute atomic E-state index is 0.00616. The van der Waals surface area contributed by atoms with Crippen LogP contribution in [-0.2, 0) is 9.53 Å². The van der Waals surface area contributed by atoms with Gasteiger partial charge in [0.15, 0.2) is 6.61 Å². The molecule has 2 heteroatoms. The molecule has 1 rings (SSSR count). The van der Waals surface area contributed by atoms with Crippen molar-refractivity contribution < 1.29 is 9.53 Å². The molecule has 1 fully saturated rings. The Morgan fingerprint density at radius 3 is 2.15 bits per heavy atom. The van der Waals surface area contributed by atoms with E-state index in [4.69, 9.17) is 11.2 Å². The van der Waals surface area contributed by atoms with Gasteiger partial charge in [-0.15, -0.1) is 6.42 Å². The molecule has 0 aromatic carbocycles. The van der Waals surface area contributed by atoms with Crippen LogP contribution in [0.2, 0.25) is 0 Å². The number of hydrogen-bond donors (Lipinski definition) is 0. The number of ether oxygens (including phenoxy) is 1.